The van der Waals surface area contributed by atoms with Crippen molar-refractivity contribution in [1.82, 2.24) is 9.21 Å². The summed E-state index contributed by atoms with van der Waals surface area (Å²) in [6.45, 7) is 1.78. The molecule has 4 rings (SSSR count). The van der Waals surface area contributed by atoms with Crippen LogP contribution in [0.3, 0.4) is 0 Å². The average molecular weight is 578 g/mol. The van der Waals surface area contributed by atoms with Crippen molar-refractivity contribution < 1.29 is 26.4 Å². The molecule has 9 nitrogen and oxygen atoms in total. The van der Waals surface area contributed by atoms with Gasteiger partial charge in [-0.1, -0.05) is 47.5 Å². The lowest BCUT2D eigenvalue weighted by molar-refractivity contribution is -0.130. The Morgan fingerprint density at radius 2 is 1.53 bits per heavy atom. The van der Waals surface area contributed by atoms with Crippen molar-refractivity contribution in [2.24, 2.45) is 0 Å². The van der Waals surface area contributed by atoms with Crippen LogP contribution in [0, 0.1) is 6.92 Å². The van der Waals surface area contributed by atoms with Crippen LogP contribution < -0.4 is 9.04 Å². The number of hydrogen-bond acceptors (Lipinski definition) is 6. The number of amides is 1. The molecule has 0 N–H and O–H groups in total. The number of methoxy groups -OCH3 is 1. The predicted octanol–water partition coefficient (Wildman–Crippen LogP) is 3.39. The van der Waals surface area contributed by atoms with Gasteiger partial charge in [-0.05, 0) is 49.4 Å². The fourth-order valence-corrected chi connectivity index (χ4v) is 7.16. The summed E-state index contributed by atoms with van der Waals surface area (Å²) in [6.07, 6.45) is 0. The molecule has 1 saturated heterocycles. The van der Waals surface area contributed by atoms with Gasteiger partial charge in [0.25, 0.3) is 10.0 Å². The van der Waals surface area contributed by atoms with E-state index in [2.05, 4.69) is 0 Å². The van der Waals surface area contributed by atoms with E-state index < -0.39 is 32.5 Å². The molecule has 1 heterocycles. The molecule has 38 heavy (non-hydrogen) atoms. The van der Waals surface area contributed by atoms with Gasteiger partial charge >= 0.3 is 0 Å². The lowest BCUT2D eigenvalue weighted by Crippen LogP contribution is -2.53. The van der Waals surface area contributed by atoms with Crippen LogP contribution in [-0.2, 0) is 24.8 Å². The van der Waals surface area contributed by atoms with Crippen molar-refractivity contribution in [3.63, 3.8) is 0 Å². The number of sulfonamides is 2. The monoisotopic (exact) mass is 577 g/mol. The van der Waals surface area contributed by atoms with Crippen LogP contribution in [0.5, 0.6) is 5.75 Å². The lowest BCUT2D eigenvalue weighted by Gasteiger charge is -2.35. The summed E-state index contributed by atoms with van der Waals surface area (Å²) in [5.74, 6) is -0.241. The molecular formula is C26H28ClN3O6S2. The molecule has 1 aliphatic rings. The van der Waals surface area contributed by atoms with Crippen LogP contribution in [0.1, 0.15) is 5.56 Å². The van der Waals surface area contributed by atoms with Gasteiger partial charge in [-0.25, -0.2) is 16.8 Å². The largest absolute Gasteiger partial charge is 0.495 e. The van der Waals surface area contributed by atoms with Gasteiger partial charge in [0.05, 0.1) is 22.6 Å². The third-order valence-electron chi connectivity index (χ3n) is 6.27. The summed E-state index contributed by atoms with van der Waals surface area (Å²) in [6, 6.07) is 18.9. The standard InChI is InChI=1S/C26H28ClN3O6S2/c1-20-8-11-23(12-9-20)37(32,33)29-16-14-28(15-17-29)26(31)19-30(24-18-21(27)10-13-25(24)36-2)38(34,35)22-6-4-3-5-7-22/h3-13,18H,14-17,19H2,1-2H3. The molecule has 0 radical (unpaired) electrons. The number of hydrogen-bond donors (Lipinski definition) is 0. The van der Waals surface area contributed by atoms with Gasteiger partial charge in [0.15, 0.2) is 0 Å². The summed E-state index contributed by atoms with van der Waals surface area (Å²) in [7, 11) is -6.48. The molecule has 0 saturated carbocycles. The second kappa shape index (κ2) is 11.3. The van der Waals surface area contributed by atoms with E-state index in [1.165, 1.54) is 40.6 Å². The van der Waals surface area contributed by atoms with E-state index in [9.17, 15) is 21.6 Å². The Hall–Kier alpha value is -3.12. The summed E-state index contributed by atoms with van der Waals surface area (Å²) in [4.78, 5) is 15.0. The van der Waals surface area contributed by atoms with E-state index in [0.29, 0.717) is 0 Å². The number of carbonyl (C=O) groups excluding carboxylic acids is 1. The van der Waals surface area contributed by atoms with Gasteiger partial charge < -0.3 is 9.64 Å². The van der Waals surface area contributed by atoms with E-state index in [1.54, 1.807) is 48.5 Å². The van der Waals surface area contributed by atoms with Crippen LogP contribution in [-0.4, -0.2) is 71.8 Å². The second-order valence-electron chi connectivity index (χ2n) is 8.74. The van der Waals surface area contributed by atoms with Crippen molar-refractivity contribution in [2.45, 2.75) is 16.7 Å². The molecule has 202 valence electrons. The van der Waals surface area contributed by atoms with E-state index in [0.717, 1.165) is 9.87 Å². The van der Waals surface area contributed by atoms with Crippen LogP contribution >= 0.6 is 11.6 Å². The van der Waals surface area contributed by atoms with Crippen molar-refractivity contribution >= 4 is 43.2 Å². The Balaban J connectivity index is 1.57. The fourth-order valence-electron chi connectivity index (χ4n) is 4.14. The smallest absolute Gasteiger partial charge is 0.264 e. The Morgan fingerprint density at radius 3 is 2.13 bits per heavy atom. The number of aryl methyl sites for hydroxylation is 1. The zero-order chi connectivity index (χ0) is 27.5. The Labute approximate surface area is 228 Å². The zero-order valence-corrected chi connectivity index (χ0v) is 23.3. The van der Waals surface area contributed by atoms with Gasteiger partial charge in [-0.15, -0.1) is 0 Å². The first-order valence-electron chi connectivity index (χ1n) is 11.8. The first-order chi connectivity index (χ1) is 18.0. The van der Waals surface area contributed by atoms with Crippen LogP contribution in [0.2, 0.25) is 5.02 Å². The number of carbonyl (C=O) groups is 1. The highest BCUT2D eigenvalue weighted by Crippen LogP contribution is 2.35. The van der Waals surface area contributed by atoms with Gasteiger partial charge in [0.2, 0.25) is 15.9 Å². The maximum absolute atomic E-state index is 13.7. The maximum atomic E-state index is 13.7. The maximum Gasteiger partial charge on any atom is 0.264 e. The quantitative estimate of drug-likeness (QED) is 0.406. The number of piperazine rings is 1. The molecule has 0 spiro atoms. The van der Waals surface area contributed by atoms with Crippen LogP contribution in [0.4, 0.5) is 5.69 Å². The number of nitrogens with zero attached hydrogens (tertiary/aromatic N) is 3. The Morgan fingerprint density at radius 1 is 0.895 bits per heavy atom. The second-order valence-corrected chi connectivity index (χ2v) is 13.0. The number of ether oxygens (including phenoxy) is 1. The van der Waals surface area contributed by atoms with E-state index >= 15 is 0 Å². The Bertz CT molecular complexity index is 1510. The fraction of sp³-hybridized carbons (Fsp3) is 0.269. The Kier molecular flexibility index (Phi) is 8.31. The minimum Gasteiger partial charge on any atom is -0.495 e. The number of benzene rings is 3. The first kappa shape index (κ1) is 27.9. The van der Waals surface area contributed by atoms with Gasteiger partial charge in [-0.3, -0.25) is 9.10 Å². The molecule has 0 aromatic heterocycles. The SMILES string of the molecule is COc1ccc(Cl)cc1N(CC(=O)N1CCN(S(=O)(=O)c2ccc(C)cc2)CC1)S(=O)(=O)c1ccccc1. The number of halogens is 1. The molecule has 0 bridgehead atoms. The van der Waals surface area contributed by atoms with Gasteiger partial charge in [0.1, 0.15) is 12.3 Å². The minimum atomic E-state index is -4.17. The molecule has 0 aliphatic carbocycles. The highest BCUT2D eigenvalue weighted by molar-refractivity contribution is 7.93. The van der Waals surface area contributed by atoms with Gasteiger partial charge in [0, 0.05) is 31.2 Å². The molecule has 3 aromatic carbocycles. The molecule has 12 heteroatoms. The van der Waals surface area contributed by atoms with Crippen molar-refractivity contribution in [3.05, 3.63) is 83.4 Å². The molecule has 3 aromatic rings. The summed E-state index contributed by atoms with van der Waals surface area (Å²) in [5.41, 5.74) is 1.07. The topological polar surface area (TPSA) is 104 Å². The summed E-state index contributed by atoms with van der Waals surface area (Å²) >= 11 is 6.18. The predicted molar refractivity (Wildman–Crippen MR) is 145 cm³/mol. The molecular weight excluding hydrogens is 550 g/mol. The summed E-state index contributed by atoms with van der Waals surface area (Å²) < 4.78 is 61.1. The molecule has 1 fully saturated rings. The third kappa shape index (κ3) is 5.80. The van der Waals surface area contributed by atoms with Crippen molar-refractivity contribution in [2.75, 3.05) is 44.1 Å². The highest BCUT2D eigenvalue weighted by Gasteiger charge is 2.34. The molecule has 1 aliphatic heterocycles. The zero-order valence-electron chi connectivity index (χ0n) is 20.9. The highest BCUT2D eigenvalue weighted by atomic mass is 35.5. The minimum absolute atomic E-state index is 0.00355. The summed E-state index contributed by atoms with van der Waals surface area (Å²) in [5, 5.41) is 0.274. The third-order valence-corrected chi connectivity index (χ3v) is 10.2. The molecule has 0 atom stereocenters. The van der Waals surface area contributed by atoms with Crippen molar-refractivity contribution in [1.29, 1.82) is 0 Å². The average Bonchev–Trinajstić information content (AvgIpc) is 2.92. The van der Waals surface area contributed by atoms with E-state index in [-0.39, 0.29) is 52.4 Å². The van der Waals surface area contributed by atoms with Crippen LogP contribution in [0.25, 0.3) is 0 Å². The van der Waals surface area contributed by atoms with E-state index in [1.807, 2.05) is 6.92 Å². The normalized spacial score (nSPS) is 14.8. The number of anilines is 1. The molecule has 0 unspecified atom stereocenters. The van der Waals surface area contributed by atoms with E-state index in [4.69, 9.17) is 16.3 Å². The van der Waals surface area contributed by atoms with Crippen LogP contribution in [0.15, 0.2) is 82.6 Å². The van der Waals surface area contributed by atoms with Crippen molar-refractivity contribution in [3.8, 4) is 5.75 Å². The number of rotatable bonds is 8. The molecule has 1 amide bonds. The van der Waals surface area contributed by atoms with Gasteiger partial charge in [-0.2, -0.15) is 4.31 Å². The first-order valence-corrected chi connectivity index (χ1v) is 15.1. The lowest BCUT2D eigenvalue weighted by atomic mass is 10.2.